The number of carbonyl (C=O) groups is 2. The first-order chi connectivity index (χ1) is 18.3. The normalized spacial score (nSPS) is 14.3. The highest BCUT2D eigenvalue weighted by Crippen LogP contribution is 2.42. The van der Waals surface area contributed by atoms with E-state index in [1.165, 1.54) is 25.7 Å². The van der Waals surface area contributed by atoms with Crippen LogP contribution in [0.25, 0.3) is 0 Å². The standard InChI is InChI=1S/C28H50NO8P/c1-3-5-6-7-8-9-10-11-12-13-14-15-16-17-18-19-20-21-27(31)29-22-23-36-38(33,34)37-25-26(30)24-35-28(32)4-2/h5-6,8-9,11-12,26,30H,3-4,7,10,13-25H2,1-2H3,(H,29,31)(H,33,34)/b6-5-,9-8-,12-11-. The maximum atomic E-state index is 11.9. The minimum absolute atomic E-state index is 0.0739. The Balaban J connectivity index is 3.57. The van der Waals surface area contributed by atoms with Crippen LogP contribution in [0.15, 0.2) is 36.5 Å². The van der Waals surface area contributed by atoms with E-state index >= 15 is 0 Å². The van der Waals surface area contributed by atoms with E-state index in [1.807, 2.05) is 0 Å². The fourth-order valence-electron chi connectivity index (χ4n) is 3.25. The zero-order valence-corrected chi connectivity index (χ0v) is 24.2. The molecule has 220 valence electrons. The van der Waals surface area contributed by atoms with Crippen molar-refractivity contribution in [1.82, 2.24) is 5.32 Å². The number of hydrogen-bond donors (Lipinski definition) is 3. The molecule has 3 N–H and O–H groups in total. The maximum absolute atomic E-state index is 11.9. The van der Waals surface area contributed by atoms with Crippen LogP contribution < -0.4 is 5.32 Å². The van der Waals surface area contributed by atoms with Gasteiger partial charge in [0.25, 0.3) is 0 Å². The lowest BCUT2D eigenvalue weighted by atomic mass is 10.1. The van der Waals surface area contributed by atoms with Crippen molar-refractivity contribution in [2.45, 2.75) is 103 Å². The third kappa shape index (κ3) is 25.9. The molecule has 0 aliphatic rings. The number of phosphoric acid groups is 1. The van der Waals surface area contributed by atoms with Gasteiger partial charge in [0.15, 0.2) is 0 Å². The van der Waals surface area contributed by atoms with Gasteiger partial charge in [0.05, 0.1) is 13.2 Å². The van der Waals surface area contributed by atoms with E-state index in [1.54, 1.807) is 6.92 Å². The third-order valence-electron chi connectivity index (χ3n) is 5.39. The lowest BCUT2D eigenvalue weighted by Gasteiger charge is -2.15. The lowest BCUT2D eigenvalue weighted by molar-refractivity contribution is -0.146. The van der Waals surface area contributed by atoms with Gasteiger partial charge in [-0.1, -0.05) is 82.4 Å². The molecule has 1 amide bonds. The molecule has 0 heterocycles. The Labute approximate surface area is 229 Å². The molecule has 0 aliphatic carbocycles. The predicted octanol–water partition coefficient (Wildman–Crippen LogP) is 5.92. The van der Waals surface area contributed by atoms with Crippen LogP contribution in [0.4, 0.5) is 0 Å². The molecule has 2 atom stereocenters. The number of phosphoric ester groups is 1. The predicted molar refractivity (Wildman–Crippen MR) is 150 cm³/mol. The van der Waals surface area contributed by atoms with Gasteiger partial charge in [-0.2, -0.15) is 0 Å². The molecular weight excluding hydrogens is 509 g/mol. The number of unbranched alkanes of at least 4 members (excludes halogenated alkanes) is 7. The van der Waals surface area contributed by atoms with E-state index in [-0.39, 0.29) is 32.1 Å². The first-order valence-electron chi connectivity index (χ1n) is 14.0. The van der Waals surface area contributed by atoms with Gasteiger partial charge in [0.1, 0.15) is 12.7 Å². The molecule has 0 aromatic rings. The van der Waals surface area contributed by atoms with E-state index < -0.39 is 26.5 Å². The highest BCUT2D eigenvalue weighted by atomic mass is 31.2. The Morgan fingerprint density at radius 2 is 1.45 bits per heavy atom. The van der Waals surface area contributed by atoms with Crippen molar-refractivity contribution < 1.29 is 37.9 Å². The van der Waals surface area contributed by atoms with Crippen molar-refractivity contribution in [2.75, 3.05) is 26.4 Å². The minimum atomic E-state index is -4.38. The first kappa shape index (κ1) is 36.2. The number of rotatable bonds is 25. The highest BCUT2D eigenvalue weighted by Gasteiger charge is 2.23. The van der Waals surface area contributed by atoms with Crippen molar-refractivity contribution in [1.29, 1.82) is 0 Å². The smallest absolute Gasteiger partial charge is 0.463 e. The Kier molecular flexibility index (Phi) is 24.3. The van der Waals surface area contributed by atoms with Gasteiger partial charge in [-0.15, -0.1) is 0 Å². The average molecular weight is 560 g/mol. The quantitative estimate of drug-likeness (QED) is 0.0544. The van der Waals surface area contributed by atoms with Crippen LogP contribution in [0.5, 0.6) is 0 Å². The average Bonchev–Trinajstić information content (AvgIpc) is 2.90. The molecule has 0 saturated carbocycles. The van der Waals surface area contributed by atoms with Crippen molar-refractivity contribution in [3.8, 4) is 0 Å². The molecule has 0 radical (unpaired) electrons. The second-order valence-corrected chi connectivity index (χ2v) is 10.4. The van der Waals surface area contributed by atoms with Crippen molar-refractivity contribution >= 4 is 19.7 Å². The van der Waals surface area contributed by atoms with E-state index in [4.69, 9.17) is 9.26 Å². The number of nitrogens with one attached hydrogen (secondary N) is 1. The molecule has 0 spiro atoms. The van der Waals surface area contributed by atoms with Crippen LogP contribution in [0.3, 0.4) is 0 Å². The van der Waals surface area contributed by atoms with Gasteiger partial charge in [-0.05, 0) is 38.5 Å². The van der Waals surface area contributed by atoms with Gasteiger partial charge >= 0.3 is 13.8 Å². The molecule has 0 rings (SSSR count). The Bertz CT molecular complexity index is 738. The summed E-state index contributed by atoms with van der Waals surface area (Å²) in [5.74, 6) is -0.623. The third-order valence-corrected chi connectivity index (χ3v) is 6.37. The van der Waals surface area contributed by atoms with E-state index in [2.05, 4.69) is 53.2 Å². The second kappa shape index (κ2) is 25.5. The lowest BCUT2D eigenvalue weighted by Crippen LogP contribution is -2.27. The molecule has 10 heteroatoms. The molecule has 2 unspecified atom stereocenters. The number of aliphatic hydroxyl groups excluding tert-OH is 1. The zero-order chi connectivity index (χ0) is 28.3. The van der Waals surface area contributed by atoms with E-state index in [9.17, 15) is 24.2 Å². The number of amides is 1. The fourth-order valence-corrected chi connectivity index (χ4v) is 4.01. The summed E-state index contributed by atoms with van der Waals surface area (Å²) >= 11 is 0. The maximum Gasteiger partial charge on any atom is 0.472 e. The van der Waals surface area contributed by atoms with Gasteiger partial charge in [-0.25, -0.2) is 4.57 Å². The Morgan fingerprint density at radius 3 is 2.11 bits per heavy atom. The van der Waals surface area contributed by atoms with Crippen LogP contribution in [0, 0.1) is 0 Å². The van der Waals surface area contributed by atoms with Crippen LogP contribution in [0.2, 0.25) is 0 Å². The molecule has 0 aromatic heterocycles. The molecule has 0 fully saturated rings. The van der Waals surface area contributed by atoms with Crippen LogP contribution in [-0.2, 0) is 27.9 Å². The summed E-state index contributed by atoms with van der Waals surface area (Å²) in [5, 5.41) is 12.2. The largest absolute Gasteiger partial charge is 0.472 e. The van der Waals surface area contributed by atoms with Crippen molar-refractivity contribution in [3.63, 3.8) is 0 Å². The number of hydrogen-bond acceptors (Lipinski definition) is 7. The SMILES string of the molecule is CC/C=C\C/C=C\C/C=C\CCCCCCCCCC(=O)NCCOP(=O)(O)OCC(O)COC(=O)CC. The number of ether oxygens (including phenoxy) is 1. The van der Waals surface area contributed by atoms with Crippen molar-refractivity contribution in [3.05, 3.63) is 36.5 Å². The van der Waals surface area contributed by atoms with Crippen LogP contribution in [0.1, 0.15) is 97.3 Å². The molecule has 0 bridgehead atoms. The molecular formula is C28H50NO8P. The molecule has 0 aliphatic heterocycles. The molecule has 38 heavy (non-hydrogen) atoms. The summed E-state index contributed by atoms with van der Waals surface area (Å²) < 4.78 is 25.9. The van der Waals surface area contributed by atoms with E-state index in [0.29, 0.717) is 6.42 Å². The van der Waals surface area contributed by atoms with Crippen LogP contribution >= 0.6 is 7.82 Å². The van der Waals surface area contributed by atoms with E-state index in [0.717, 1.165) is 44.9 Å². The Hall–Kier alpha value is -1.77. The first-order valence-corrected chi connectivity index (χ1v) is 15.5. The molecule has 9 nitrogen and oxygen atoms in total. The van der Waals surface area contributed by atoms with Gasteiger partial charge < -0.3 is 20.1 Å². The summed E-state index contributed by atoms with van der Waals surface area (Å²) in [5.41, 5.74) is 0. The summed E-state index contributed by atoms with van der Waals surface area (Å²) in [7, 11) is -4.38. The number of allylic oxidation sites excluding steroid dienone is 6. The van der Waals surface area contributed by atoms with Gasteiger partial charge in [0, 0.05) is 19.4 Å². The zero-order valence-electron chi connectivity index (χ0n) is 23.4. The van der Waals surface area contributed by atoms with Crippen LogP contribution in [-0.4, -0.2) is 54.3 Å². The van der Waals surface area contributed by atoms with Gasteiger partial charge in [0.2, 0.25) is 5.91 Å². The topological polar surface area (TPSA) is 131 Å². The number of carbonyl (C=O) groups excluding carboxylic acids is 2. The monoisotopic (exact) mass is 559 g/mol. The summed E-state index contributed by atoms with van der Waals surface area (Å²) in [6, 6.07) is 0. The van der Waals surface area contributed by atoms with Crippen molar-refractivity contribution in [2.24, 2.45) is 0 Å². The number of aliphatic hydroxyl groups is 1. The molecule has 0 aromatic carbocycles. The minimum Gasteiger partial charge on any atom is -0.463 e. The Morgan fingerprint density at radius 1 is 0.842 bits per heavy atom. The second-order valence-electron chi connectivity index (χ2n) is 8.95. The summed E-state index contributed by atoms with van der Waals surface area (Å²) in [4.78, 5) is 32.5. The number of esters is 1. The highest BCUT2D eigenvalue weighted by molar-refractivity contribution is 7.47. The summed E-state index contributed by atoms with van der Waals surface area (Å²) in [6.07, 6.45) is 24.6. The molecule has 0 saturated heterocycles. The van der Waals surface area contributed by atoms with Gasteiger partial charge in [-0.3, -0.25) is 18.6 Å². The summed E-state index contributed by atoms with van der Waals surface area (Å²) in [6.45, 7) is 2.76. The fraction of sp³-hybridized carbons (Fsp3) is 0.714.